The highest BCUT2D eigenvalue weighted by molar-refractivity contribution is 5.94. The van der Waals surface area contributed by atoms with Crippen LogP contribution in [0.2, 0.25) is 0 Å². The highest BCUT2D eigenvalue weighted by atomic mass is 19.1. The van der Waals surface area contributed by atoms with E-state index in [1.807, 2.05) is 43.3 Å². The lowest BCUT2D eigenvalue weighted by Crippen LogP contribution is -2.52. The number of nitrogens with zero attached hydrogens (tertiary/aromatic N) is 3. The Morgan fingerprint density at radius 3 is 2.47 bits per heavy atom. The SMILES string of the molecule is CCCNC(=O)c1cccc(CNC(=NC)N2CCN(c3ccc(F)cc3)CC2)c1. The van der Waals surface area contributed by atoms with Crippen LogP contribution in [0, 0.1) is 5.82 Å². The summed E-state index contributed by atoms with van der Waals surface area (Å²) in [4.78, 5) is 21.1. The quantitative estimate of drug-likeness (QED) is 0.567. The zero-order chi connectivity index (χ0) is 21.3. The molecule has 3 rings (SSSR count). The van der Waals surface area contributed by atoms with Gasteiger partial charge in [0.15, 0.2) is 5.96 Å². The number of rotatable bonds is 6. The molecule has 1 aliphatic heterocycles. The second kappa shape index (κ2) is 10.6. The minimum Gasteiger partial charge on any atom is -0.368 e. The summed E-state index contributed by atoms with van der Waals surface area (Å²) in [5, 5.41) is 6.31. The lowest BCUT2D eigenvalue weighted by Gasteiger charge is -2.37. The van der Waals surface area contributed by atoms with Crippen molar-refractivity contribution in [2.45, 2.75) is 19.9 Å². The Labute approximate surface area is 177 Å². The van der Waals surface area contributed by atoms with Gasteiger partial charge in [-0.3, -0.25) is 9.79 Å². The number of carbonyl (C=O) groups is 1. The summed E-state index contributed by atoms with van der Waals surface area (Å²) in [6, 6.07) is 14.3. The van der Waals surface area contributed by atoms with Gasteiger partial charge in [0.05, 0.1) is 0 Å². The number of nitrogens with one attached hydrogen (secondary N) is 2. The van der Waals surface area contributed by atoms with E-state index in [0.717, 1.165) is 49.8 Å². The number of aliphatic imine (C=N–C) groups is 1. The van der Waals surface area contributed by atoms with Crippen LogP contribution in [0.25, 0.3) is 0 Å². The van der Waals surface area contributed by atoms with Crippen LogP contribution in [0.5, 0.6) is 0 Å². The van der Waals surface area contributed by atoms with E-state index in [1.165, 1.54) is 12.1 Å². The van der Waals surface area contributed by atoms with Gasteiger partial charge in [0.2, 0.25) is 0 Å². The summed E-state index contributed by atoms with van der Waals surface area (Å²) < 4.78 is 13.1. The summed E-state index contributed by atoms with van der Waals surface area (Å²) in [5.41, 5.74) is 2.74. The first-order chi connectivity index (χ1) is 14.6. The van der Waals surface area contributed by atoms with Gasteiger partial charge >= 0.3 is 0 Å². The van der Waals surface area contributed by atoms with Crippen LogP contribution in [0.4, 0.5) is 10.1 Å². The zero-order valence-electron chi connectivity index (χ0n) is 17.7. The van der Waals surface area contributed by atoms with Crippen LogP contribution in [-0.2, 0) is 6.54 Å². The Hall–Kier alpha value is -3.09. The van der Waals surface area contributed by atoms with Crippen LogP contribution >= 0.6 is 0 Å². The van der Waals surface area contributed by atoms with Gasteiger partial charge in [-0.25, -0.2) is 4.39 Å². The van der Waals surface area contributed by atoms with E-state index in [9.17, 15) is 9.18 Å². The summed E-state index contributed by atoms with van der Waals surface area (Å²) >= 11 is 0. The van der Waals surface area contributed by atoms with Gasteiger partial charge in [-0.2, -0.15) is 0 Å². The zero-order valence-corrected chi connectivity index (χ0v) is 17.7. The number of halogens is 1. The fourth-order valence-electron chi connectivity index (χ4n) is 3.50. The maximum absolute atomic E-state index is 13.1. The van der Waals surface area contributed by atoms with Gasteiger partial charge in [-0.15, -0.1) is 0 Å². The van der Waals surface area contributed by atoms with Crippen molar-refractivity contribution in [2.24, 2.45) is 4.99 Å². The number of piperazine rings is 1. The molecule has 0 unspecified atom stereocenters. The molecule has 0 spiro atoms. The predicted octanol–water partition coefficient (Wildman–Crippen LogP) is 2.86. The van der Waals surface area contributed by atoms with E-state index in [0.29, 0.717) is 18.7 Å². The molecule has 1 amide bonds. The Morgan fingerprint density at radius 2 is 1.80 bits per heavy atom. The highest BCUT2D eigenvalue weighted by Crippen LogP contribution is 2.17. The monoisotopic (exact) mass is 411 g/mol. The summed E-state index contributed by atoms with van der Waals surface area (Å²) in [5.74, 6) is 0.587. The largest absolute Gasteiger partial charge is 0.368 e. The Balaban J connectivity index is 1.53. The Bertz CT molecular complexity index is 860. The molecular weight excluding hydrogens is 381 g/mol. The molecule has 6 nitrogen and oxygen atoms in total. The van der Waals surface area contributed by atoms with Gasteiger partial charge in [0.25, 0.3) is 5.91 Å². The van der Waals surface area contributed by atoms with E-state index in [-0.39, 0.29) is 11.7 Å². The van der Waals surface area contributed by atoms with E-state index in [1.54, 1.807) is 7.05 Å². The van der Waals surface area contributed by atoms with Crippen molar-refractivity contribution < 1.29 is 9.18 Å². The number of hydrogen-bond acceptors (Lipinski definition) is 3. The van der Waals surface area contributed by atoms with E-state index < -0.39 is 0 Å². The van der Waals surface area contributed by atoms with Gasteiger partial charge in [0.1, 0.15) is 5.82 Å². The molecule has 1 saturated heterocycles. The molecule has 2 aromatic carbocycles. The van der Waals surface area contributed by atoms with Crippen molar-refractivity contribution in [1.82, 2.24) is 15.5 Å². The summed E-state index contributed by atoms with van der Waals surface area (Å²) in [6.07, 6.45) is 0.914. The molecule has 0 aromatic heterocycles. The lowest BCUT2D eigenvalue weighted by molar-refractivity contribution is 0.0953. The third kappa shape index (κ3) is 5.72. The topological polar surface area (TPSA) is 60.0 Å². The van der Waals surface area contributed by atoms with Crippen LogP contribution in [0.3, 0.4) is 0 Å². The third-order valence-corrected chi connectivity index (χ3v) is 5.16. The molecule has 0 bridgehead atoms. The van der Waals surface area contributed by atoms with Gasteiger partial charge in [0, 0.05) is 57.6 Å². The normalized spacial score (nSPS) is 14.6. The second-order valence-electron chi connectivity index (χ2n) is 7.31. The first-order valence-corrected chi connectivity index (χ1v) is 10.4. The molecule has 7 heteroatoms. The minimum atomic E-state index is -0.214. The number of carbonyl (C=O) groups excluding carboxylic acids is 1. The summed E-state index contributed by atoms with van der Waals surface area (Å²) in [7, 11) is 1.78. The predicted molar refractivity (Wildman–Crippen MR) is 119 cm³/mol. The average Bonchev–Trinajstić information content (AvgIpc) is 2.79. The van der Waals surface area contributed by atoms with Crippen LogP contribution in [0.15, 0.2) is 53.5 Å². The third-order valence-electron chi connectivity index (χ3n) is 5.16. The standard InChI is InChI=1S/C23H30FN5O/c1-3-11-26-22(30)19-6-4-5-18(16-19)17-27-23(25-2)29-14-12-28(13-15-29)21-9-7-20(24)8-10-21/h4-10,16H,3,11-15,17H2,1-2H3,(H,25,27)(H,26,30). The van der Waals surface area contributed by atoms with Gasteiger partial charge < -0.3 is 20.4 Å². The first-order valence-electron chi connectivity index (χ1n) is 10.4. The number of guanidine groups is 1. The maximum Gasteiger partial charge on any atom is 0.251 e. The van der Waals surface area contributed by atoms with Crippen molar-refractivity contribution >= 4 is 17.6 Å². The van der Waals surface area contributed by atoms with Crippen molar-refractivity contribution in [3.63, 3.8) is 0 Å². The second-order valence-corrected chi connectivity index (χ2v) is 7.31. The number of amides is 1. The van der Waals surface area contributed by atoms with Gasteiger partial charge in [-0.05, 0) is 48.4 Å². The fraction of sp³-hybridized carbons (Fsp3) is 0.391. The van der Waals surface area contributed by atoms with E-state index in [2.05, 4.69) is 25.4 Å². The highest BCUT2D eigenvalue weighted by Gasteiger charge is 2.20. The molecule has 0 atom stereocenters. The van der Waals surface area contributed by atoms with Crippen molar-refractivity contribution in [3.8, 4) is 0 Å². The molecule has 1 aliphatic rings. The average molecular weight is 412 g/mol. The fourth-order valence-corrected chi connectivity index (χ4v) is 3.50. The molecule has 0 saturated carbocycles. The molecule has 0 aliphatic carbocycles. The summed E-state index contributed by atoms with van der Waals surface area (Å²) in [6.45, 7) is 6.66. The molecule has 2 aromatic rings. The van der Waals surface area contributed by atoms with Crippen molar-refractivity contribution in [3.05, 3.63) is 65.5 Å². The Morgan fingerprint density at radius 1 is 1.07 bits per heavy atom. The number of benzene rings is 2. The molecule has 2 N–H and O–H groups in total. The number of anilines is 1. The van der Waals surface area contributed by atoms with Crippen LogP contribution in [0.1, 0.15) is 29.3 Å². The molecule has 1 fully saturated rings. The molecule has 160 valence electrons. The lowest BCUT2D eigenvalue weighted by atomic mass is 10.1. The maximum atomic E-state index is 13.1. The van der Waals surface area contributed by atoms with Gasteiger partial charge in [-0.1, -0.05) is 19.1 Å². The Kier molecular flexibility index (Phi) is 7.65. The van der Waals surface area contributed by atoms with Crippen molar-refractivity contribution in [1.29, 1.82) is 0 Å². The molecular formula is C23H30FN5O. The smallest absolute Gasteiger partial charge is 0.251 e. The number of hydrogen-bond donors (Lipinski definition) is 2. The van der Waals surface area contributed by atoms with E-state index >= 15 is 0 Å². The first kappa shape index (κ1) is 21.6. The van der Waals surface area contributed by atoms with Crippen LogP contribution in [-0.4, -0.2) is 56.5 Å². The van der Waals surface area contributed by atoms with Crippen LogP contribution < -0.4 is 15.5 Å². The molecule has 1 heterocycles. The minimum absolute atomic E-state index is 0.0417. The van der Waals surface area contributed by atoms with Crippen molar-refractivity contribution in [2.75, 3.05) is 44.7 Å². The molecule has 0 radical (unpaired) electrons. The van der Waals surface area contributed by atoms with E-state index in [4.69, 9.17) is 0 Å². The molecule has 30 heavy (non-hydrogen) atoms.